The van der Waals surface area contributed by atoms with Gasteiger partial charge in [-0.15, -0.1) is 5.06 Å². The van der Waals surface area contributed by atoms with E-state index in [0.29, 0.717) is 22.6 Å². The molecule has 0 saturated carbocycles. The normalized spacial score (nSPS) is 22.1. The van der Waals surface area contributed by atoms with Crippen LogP contribution in [-0.2, 0) is 35.4 Å². The number of aliphatic hydroxyl groups excluding tert-OH is 1. The second kappa shape index (κ2) is 11.8. The van der Waals surface area contributed by atoms with Gasteiger partial charge in [0.25, 0.3) is 17.5 Å². The Bertz CT molecular complexity index is 1070. The summed E-state index contributed by atoms with van der Waals surface area (Å²) in [6.07, 6.45) is 2.34. The molecule has 2 aliphatic rings. The van der Waals surface area contributed by atoms with E-state index >= 15 is 0 Å². The Hall–Kier alpha value is -3.68. The van der Waals surface area contributed by atoms with Crippen LogP contribution in [0.3, 0.4) is 0 Å². The second-order valence-electron chi connectivity index (χ2n) is 8.73. The summed E-state index contributed by atoms with van der Waals surface area (Å²) in [6, 6.07) is 3.34. The maximum absolute atomic E-state index is 12.5. The number of nitrogens with zero attached hydrogens (tertiary/aromatic N) is 2. The van der Waals surface area contributed by atoms with E-state index in [1.54, 1.807) is 19.1 Å². The zero-order valence-electron chi connectivity index (χ0n) is 19.6. The van der Waals surface area contributed by atoms with Crippen LogP contribution < -0.4 is 11.1 Å². The molecule has 0 aromatic heterocycles. The molecule has 4 atom stereocenters. The van der Waals surface area contributed by atoms with Gasteiger partial charge in [-0.3, -0.25) is 24.5 Å². The first-order valence-corrected chi connectivity index (χ1v) is 11.4. The largest absolute Gasteiger partial charge is 0.460 e. The minimum Gasteiger partial charge on any atom is -0.460 e. The van der Waals surface area contributed by atoms with E-state index in [1.165, 1.54) is 12.1 Å². The number of fused-ring (bicyclic) bond motifs is 2. The minimum atomic E-state index is -1.66. The number of benzene rings is 1. The third kappa shape index (κ3) is 6.71. The Balaban J connectivity index is 1.38. The van der Waals surface area contributed by atoms with Gasteiger partial charge in [0.05, 0.1) is 17.5 Å². The van der Waals surface area contributed by atoms with Crippen LogP contribution in [0.25, 0.3) is 0 Å². The van der Waals surface area contributed by atoms with Crippen molar-refractivity contribution in [3.63, 3.8) is 0 Å². The van der Waals surface area contributed by atoms with Crippen molar-refractivity contribution in [2.45, 2.75) is 44.9 Å². The highest BCUT2D eigenvalue weighted by Crippen LogP contribution is 2.31. The molecule has 1 aromatic rings. The number of carbonyl (C=O) groups excluding carboxylic acids is 4. The SMILES string of the molecule is Cc1cc(COC(=O)CNCCC(O)C(=O)ON2C(=O)C[C@H]3C=C[C@H](C3)[C@@H](N)C2=O)ccc1[N+](=O)[O-]. The molecule has 1 fully saturated rings. The highest BCUT2D eigenvalue weighted by Gasteiger charge is 2.41. The van der Waals surface area contributed by atoms with Crippen LogP contribution in [-0.4, -0.2) is 64.1 Å². The first-order chi connectivity index (χ1) is 17.1. The number of nitrogens with two attached hydrogens (primary N) is 1. The standard InChI is InChI=1S/C23H28N4O9/c1-13-8-15(3-5-17(13)27(33)34)12-35-20(30)11-25-7-6-18(28)23(32)36-26-19(29)10-14-2-4-16(9-14)21(24)22(26)31/h2-5,8,14,16,18,21,25,28H,6-7,9-12,24H2,1H3/t14-,16+,18?,21+/m0/s1. The lowest BCUT2D eigenvalue weighted by Gasteiger charge is -2.28. The molecule has 1 aliphatic heterocycles. The Labute approximate surface area is 206 Å². The maximum Gasteiger partial charge on any atom is 0.361 e. The van der Waals surface area contributed by atoms with Gasteiger partial charge in [-0.05, 0) is 49.9 Å². The second-order valence-corrected chi connectivity index (χ2v) is 8.73. The number of amides is 2. The number of hydrogen-bond donors (Lipinski definition) is 3. The van der Waals surface area contributed by atoms with Gasteiger partial charge >= 0.3 is 11.9 Å². The van der Waals surface area contributed by atoms with Gasteiger partial charge in [0, 0.05) is 24.0 Å². The van der Waals surface area contributed by atoms with Gasteiger partial charge < -0.3 is 25.7 Å². The summed E-state index contributed by atoms with van der Waals surface area (Å²) >= 11 is 0. The Kier molecular flexibility index (Phi) is 8.85. The topological polar surface area (TPSA) is 191 Å². The zero-order valence-corrected chi connectivity index (χ0v) is 19.6. The van der Waals surface area contributed by atoms with E-state index < -0.39 is 40.8 Å². The lowest BCUT2D eigenvalue weighted by atomic mass is 9.92. The first-order valence-electron chi connectivity index (χ1n) is 11.4. The van der Waals surface area contributed by atoms with Crippen molar-refractivity contribution >= 4 is 29.4 Å². The molecular formula is C23H28N4O9. The van der Waals surface area contributed by atoms with Crippen molar-refractivity contribution < 1.29 is 38.8 Å². The summed E-state index contributed by atoms with van der Waals surface area (Å²) in [4.78, 5) is 64.3. The molecule has 0 spiro atoms. The van der Waals surface area contributed by atoms with Crippen LogP contribution in [0, 0.1) is 28.9 Å². The fourth-order valence-corrected chi connectivity index (χ4v) is 3.99. The molecule has 1 heterocycles. The van der Waals surface area contributed by atoms with Crippen LogP contribution in [0.1, 0.15) is 30.4 Å². The van der Waals surface area contributed by atoms with Crippen LogP contribution >= 0.6 is 0 Å². The van der Waals surface area contributed by atoms with Crippen molar-refractivity contribution in [3.8, 4) is 0 Å². The summed E-state index contributed by atoms with van der Waals surface area (Å²) in [7, 11) is 0. The number of hydroxylamine groups is 2. The Morgan fingerprint density at radius 3 is 2.78 bits per heavy atom. The average Bonchev–Trinajstić information content (AvgIpc) is 3.31. The molecule has 194 valence electrons. The van der Waals surface area contributed by atoms with Crippen molar-refractivity contribution in [1.82, 2.24) is 10.4 Å². The molecule has 3 rings (SSSR count). The van der Waals surface area contributed by atoms with E-state index in [9.17, 15) is 34.4 Å². The van der Waals surface area contributed by atoms with E-state index in [0.717, 1.165) is 0 Å². The number of nitro groups is 1. The molecule has 4 N–H and O–H groups in total. The monoisotopic (exact) mass is 504 g/mol. The summed E-state index contributed by atoms with van der Waals surface area (Å²) < 4.78 is 5.09. The molecule has 1 aromatic carbocycles. The molecule has 1 saturated heterocycles. The fraction of sp³-hybridized carbons (Fsp3) is 0.478. The fourth-order valence-electron chi connectivity index (χ4n) is 3.99. The van der Waals surface area contributed by atoms with Crippen molar-refractivity contribution in [3.05, 3.63) is 51.6 Å². The van der Waals surface area contributed by atoms with Crippen LogP contribution in [0.4, 0.5) is 5.69 Å². The number of esters is 1. The van der Waals surface area contributed by atoms with Crippen molar-refractivity contribution in [1.29, 1.82) is 0 Å². The molecule has 2 bridgehead atoms. The molecule has 36 heavy (non-hydrogen) atoms. The Morgan fingerprint density at radius 2 is 2.08 bits per heavy atom. The summed E-state index contributed by atoms with van der Waals surface area (Å²) in [5.41, 5.74) is 6.91. The number of imide groups is 1. The molecular weight excluding hydrogens is 476 g/mol. The molecule has 2 amide bonds. The number of nitrogens with one attached hydrogen (secondary N) is 1. The summed E-state index contributed by atoms with van der Waals surface area (Å²) in [6.45, 7) is 1.31. The molecule has 1 aliphatic carbocycles. The third-order valence-electron chi connectivity index (χ3n) is 5.99. The van der Waals surface area contributed by atoms with Crippen LogP contribution in [0.15, 0.2) is 30.4 Å². The van der Waals surface area contributed by atoms with Crippen LogP contribution in [0.2, 0.25) is 0 Å². The average molecular weight is 504 g/mol. The van der Waals surface area contributed by atoms with Gasteiger partial charge in [-0.25, -0.2) is 4.79 Å². The van der Waals surface area contributed by atoms with Crippen molar-refractivity contribution in [2.75, 3.05) is 13.1 Å². The van der Waals surface area contributed by atoms with Gasteiger partial charge in [0.2, 0.25) is 0 Å². The number of nitro benzene ring substituents is 1. The minimum absolute atomic E-state index is 0.0159. The molecule has 1 unspecified atom stereocenters. The van der Waals surface area contributed by atoms with Gasteiger partial charge in [-0.1, -0.05) is 12.2 Å². The smallest absolute Gasteiger partial charge is 0.361 e. The Morgan fingerprint density at radius 1 is 1.33 bits per heavy atom. The highest BCUT2D eigenvalue weighted by molar-refractivity contribution is 5.98. The highest BCUT2D eigenvalue weighted by atomic mass is 16.7. The lowest BCUT2D eigenvalue weighted by molar-refractivity contribution is -0.385. The zero-order chi connectivity index (χ0) is 26.4. The first kappa shape index (κ1) is 26.9. The summed E-state index contributed by atoms with van der Waals surface area (Å²) in [5, 5.41) is 24.0. The van der Waals surface area contributed by atoms with E-state index in [-0.39, 0.29) is 50.1 Å². The molecule has 13 nitrogen and oxygen atoms in total. The lowest BCUT2D eigenvalue weighted by Crippen LogP contribution is -2.52. The van der Waals surface area contributed by atoms with Crippen LogP contribution in [0.5, 0.6) is 0 Å². The van der Waals surface area contributed by atoms with Crippen molar-refractivity contribution in [2.24, 2.45) is 17.6 Å². The molecule has 0 radical (unpaired) electrons. The number of carbonyl (C=O) groups is 4. The maximum atomic E-state index is 12.5. The van der Waals surface area contributed by atoms with E-state index in [4.69, 9.17) is 15.3 Å². The predicted molar refractivity (Wildman–Crippen MR) is 122 cm³/mol. The van der Waals surface area contributed by atoms with Gasteiger partial charge in [-0.2, -0.15) is 0 Å². The summed E-state index contributed by atoms with van der Waals surface area (Å²) in [5.74, 6) is -3.72. The number of ether oxygens (including phenoxy) is 1. The third-order valence-corrected chi connectivity index (χ3v) is 5.99. The number of allylic oxidation sites excluding steroid dienone is 1. The van der Waals surface area contributed by atoms with Gasteiger partial charge in [0.1, 0.15) is 6.61 Å². The molecule has 13 heteroatoms. The number of rotatable bonds is 10. The van der Waals surface area contributed by atoms with E-state index in [2.05, 4.69) is 5.32 Å². The number of aliphatic hydroxyl groups is 1. The predicted octanol–water partition coefficient (Wildman–Crippen LogP) is 0.0237. The quantitative estimate of drug-likeness (QED) is 0.0972. The number of hydrogen-bond acceptors (Lipinski definition) is 11. The van der Waals surface area contributed by atoms with Gasteiger partial charge in [0.15, 0.2) is 6.10 Å². The van der Waals surface area contributed by atoms with E-state index in [1.807, 2.05) is 6.08 Å². The number of aryl methyl sites for hydroxylation is 1.